The summed E-state index contributed by atoms with van der Waals surface area (Å²) in [5.74, 6) is 0.691. The zero-order chi connectivity index (χ0) is 15.8. The number of hydrogen-bond donors (Lipinski definition) is 1. The fraction of sp³-hybridized carbons (Fsp3) is 0.667. The molecule has 0 aromatic heterocycles. The van der Waals surface area contributed by atoms with Crippen molar-refractivity contribution < 1.29 is 0 Å². The molecule has 0 amide bonds. The first-order valence-corrected chi connectivity index (χ1v) is 9.06. The summed E-state index contributed by atoms with van der Waals surface area (Å²) in [6.45, 7) is 12.9. The van der Waals surface area contributed by atoms with Crippen molar-refractivity contribution in [2.24, 2.45) is 16.7 Å². The molecule has 1 nitrogen and oxygen atoms in total. The lowest BCUT2D eigenvalue weighted by Crippen LogP contribution is -2.36. The van der Waals surface area contributed by atoms with E-state index in [-0.39, 0.29) is 0 Å². The van der Waals surface area contributed by atoms with E-state index in [9.17, 15) is 0 Å². The van der Waals surface area contributed by atoms with E-state index in [1.54, 1.807) is 0 Å². The molecule has 2 rings (SSSR count). The number of nitrogens with one attached hydrogen (secondary N) is 1. The Bertz CT molecular complexity index is 496. The summed E-state index contributed by atoms with van der Waals surface area (Å²) in [6.07, 6.45) is 2.17. The fourth-order valence-electron chi connectivity index (χ4n) is 3.82. The van der Waals surface area contributed by atoms with E-state index in [1.165, 1.54) is 5.56 Å². The molecular formula is C18H27BrClN. The Morgan fingerprint density at radius 2 is 1.86 bits per heavy atom. The molecule has 3 heteroatoms. The smallest absolute Gasteiger partial charge is 0.0449 e. The van der Waals surface area contributed by atoms with Gasteiger partial charge in [0.15, 0.2) is 0 Å². The molecule has 0 radical (unpaired) electrons. The van der Waals surface area contributed by atoms with Crippen LogP contribution in [0.15, 0.2) is 22.7 Å². The van der Waals surface area contributed by atoms with Crippen molar-refractivity contribution in [3.8, 4) is 0 Å². The van der Waals surface area contributed by atoms with Crippen molar-refractivity contribution in [1.82, 2.24) is 5.32 Å². The van der Waals surface area contributed by atoms with Crippen LogP contribution < -0.4 is 5.32 Å². The van der Waals surface area contributed by atoms with Crippen LogP contribution in [0, 0.1) is 16.7 Å². The highest BCUT2D eigenvalue weighted by Crippen LogP contribution is 2.69. The van der Waals surface area contributed by atoms with Crippen molar-refractivity contribution in [1.29, 1.82) is 0 Å². The largest absolute Gasteiger partial charge is 0.313 e. The second kappa shape index (κ2) is 6.22. The average Bonchev–Trinajstić information content (AvgIpc) is 2.78. The zero-order valence-corrected chi connectivity index (χ0v) is 16.1. The van der Waals surface area contributed by atoms with Crippen LogP contribution in [-0.2, 0) is 6.42 Å². The van der Waals surface area contributed by atoms with E-state index >= 15 is 0 Å². The second-order valence-corrected chi connectivity index (χ2v) is 8.74. The van der Waals surface area contributed by atoms with Crippen LogP contribution in [0.3, 0.4) is 0 Å². The van der Waals surface area contributed by atoms with Crippen LogP contribution in [0.2, 0.25) is 5.02 Å². The first-order valence-electron chi connectivity index (χ1n) is 7.89. The number of hydrogen-bond acceptors (Lipinski definition) is 1. The van der Waals surface area contributed by atoms with Crippen LogP contribution in [0.1, 0.15) is 46.6 Å². The van der Waals surface area contributed by atoms with Gasteiger partial charge in [0.25, 0.3) is 0 Å². The third kappa shape index (κ3) is 3.33. The summed E-state index contributed by atoms with van der Waals surface area (Å²) in [5.41, 5.74) is 2.02. The minimum absolute atomic E-state index is 0.389. The van der Waals surface area contributed by atoms with Crippen molar-refractivity contribution in [3.05, 3.63) is 33.3 Å². The van der Waals surface area contributed by atoms with Gasteiger partial charge in [-0.25, -0.2) is 0 Å². The molecule has 1 aliphatic rings. The molecule has 1 saturated carbocycles. The van der Waals surface area contributed by atoms with Crippen LogP contribution in [0.4, 0.5) is 0 Å². The van der Waals surface area contributed by atoms with Crippen molar-refractivity contribution in [3.63, 3.8) is 0 Å². The Morgan fingerprint density at radius 1 is 1.24 bits per heavy atom. The van der Waals surface area contributed by atoms with E-state index in [0.29, 0.717) is 22.8 Å². The highest BCUT2D eigenvalue weighted by atomic mass is 79.9. The number of halogens is 2. The Balaban J connectivity index is 2.18. The van der Waals surface area contributed by atoms with E-state index in [1.807, 2.05) is 6.07 Å². The summed E-state index contributed by atoms with van der Waals surface area (Å²) in [5, 5.41) is 4.63. The second-order valence-electron chi connectivity index (χ2n) is 7.42. The van der Waals surface area contributed by atoms with E-state index in [0.717, 1.165) is 28.9 Å². The Morgan fingerprint density at radius 3 is 2.33 bits per heavy atom. The fourth-order valence-corrected chi connectivity index (χ4v) is 4.57. The predicted octanol–water partition coefficient (Wildman–Crippen LogP) is 5.70. The molecule has 0 saturated heterocycles. The van der Waals surface area contributed by atoms with Gasteiger partial charge in [0.1, 0.15) is 0 Å². The molecule has 1 aromatic carbocycles. The summed E-state index contributed by atoms with van der Waals surface area (Å²) >= 11 is 9.90. The standard InChI is InChI=1S/C18H27BrClN/c1-6-9-21-15(16-17(2,3)18(16,4)5)10-12-7-8-13(19)11-14(12)20/h7-8,11,15-16,21H,6,9-10H2,1-5H3. The molecule has 0 bridgehead atoms. The molecule has 0 heterocycles. The normalized spacial score (nSPS) is 21.3. The molecule has 1 N–H and O–H groups in total. The van der Waals surface area contributed by atoms with Crippen molar-refractivity contribution in [2.75, 3.05) is 6.54 Å². The molecule has 21 heavy (non-hydrogen) atoms. The highest BCUT2D eigenvalue weighted by molar-refractivity contribution is 9.10. The minimum Gasteiger partial charge on any atom is -0.313 e. The quantitative estimate of drug-likeness (QED) is 0.675. The minimum atomic E-state index is 0.389. The maximum Gasteiger partial charge on any atom is 0.0449 e. The van der Waals surface area contributed by atoms with Crippen molar-refractivity contribution in [2.45, 2.75) is 53.5 Å². The zero-order valence-electron chi connectivity index (χ0n) is 13.8. The molecule has 0 aliphatic heterocycles. The molecule has 118 valence electrons. The van der Waals surface area contributed by atoms with E-state index in [4.69, 9.17) is 11.6 Å². The summed E-state index contributed by atoms with van der Waals surface area (Å²) in [4.78, 5) is 0. The molecule has 0 spiro atoms. The molecule has 1 aromatic rings. The van der Waals surface area contributed by atoms with Gasteiger partial charge < -0.3 is 5.32 Å². The lowest BCUT2D eigenvalue weighted by Gasteiger charge is -2.22. The van der Waals surface area contributed by atoms with Gasteiger partial charge in [-0.15, -0.1) is 0 Å². The number of benzene rings is 1. The Hall–Kier alpha value is -0.0500. The van der Waals surface area contributed by atoms with Crippen LogP contribution in [0.5, 0.6) is 0 Å². The lowest BCUT2D eigenvalue weighted by molar-refractivity contribution is 0.395. The molecule has 1 aliphatic carbocycles. The molecular weight excluding hydrogens is 346 g/mol. The predicted molar refractivity (Wildman–Crippen MR) is 96.0 cm³/mol. The first kappa shape index (κ1) is 17.3. The Labute approximate surface area is 143 Å². The van der Waals surface area contributed by atoms with E-state index in [2.05, 4.69) is 68.0 Å². The van der Waals surface area contributed by atoms with Gasteiger partial charge in [-0.05, 0) is 53.8 Å². The summed E-state index contributed by atoms with van der Waals surface area (Å²) in [7, 11) is 0. The van der Waals surface area contributed by atoms with Crippen LogP contribution >= 0.6 is 27.5 Å². The number of rotatable bonds is 6. The third-order valence-corrected chi connectivity index (χ3v) is 6.49. The van der Waals surface area contributed by atoms with Gasteiger partial charge in [-0.1, -0.05) is 68.2 Å². The first-order chi connectivity index (χ1) is 9.71. The summed E-state index contributed by atoms with van der Waals surface area (Å²) in [6, 6.07) is 6.72. The van der Waals surface area contributed by atoms with Gasteiger partial charge in [0.2, 0.25) is 0 Å². The van der Waals surface area contributed by atoms with Gasteiger partial charge in [-0.3, -0.25) is 0 Å². The topological polar surface area (TPSA) is 12.0 Å². The van der Waals surface area contributed by atoms with E-state index < -0.39 is 0 Å². The van der Waals surface area contributed by atoms with Crippen LogP contribution in [0.25, 0.3) is 0 Å². The third-order valence-electron chi connectivity index (χ3n) is 5.65. The van der Waals surface area contributed by atoms with Gasteiger partial charge in [-0.2, -0.15) is 0 Å². The Kier molecular flexibility index (Phi) is 5.12. The maximum absolute atomic E-state index is 6.42. The van der Waals surface area contributed by atoms with Crippen LogP contribution in [-0.4, -0.2) is 12.6 Å². The average molecular weight is 373 g/mol. The van der Waals surface area contributed by atoms with Gasteiger partial charge in [0.05, 0.1) is 0 Å². The highest BCUT2D eigenvalue weighted by Gasteiger charge is 2.66. The van der Waals surface area contributed by atoms with Gasteiger partial charge in [0, 0.05) is 15.5 Å². The summed E-state index contributed by atoms with van der Waals surface area (Å²) < 4.78 is 1.04. The van der Waals surface area contributed by atoms with Gasteiger partial charge >= 0.3 is 0 Å². The lowest BCUT2D eigenvalue weighted by atomic mass is 9.96. The molecule has 1 fully saturated rings. The van der Waals surface area contributed by atoms with Crippen molar-refractivity contribution >= 4 is 27.5 Å². The monoisotopic (exact) mass is 371 g/mol. The SMILES string of the molecule is CCCNC(Cc1ccc(Br)cc1Cl)C1C(C)(C)C1(C)C. The maximum atomic E-state index is 6.42. The molecule has 1 unspecified atom stereocenters. The molecule has 1 atom stereocenters.